The standard InChI is InChI=1S/C9H17NO/c1-4-5-6-9(11)7-10-8(2)3/h4,8,10H,1,5-7H2,2-3H3. The molecule has 0 amide bonds. The average Bonchev–Trinajstić information content (AvgIpc) is 1.97. The van der Waals surface area contributed by atoms with Crippen molar-refractivity contribution in [2.75, 3.05) is 6.54 Å². The molecule has 0 aliphatic rings. The van der Waals surface area contributed by atoms with Gasteiger partial charge in [0.1, 0.15) is 5.78 Å². The highest BCUT2D eigenvalue weighted by Crippen LogP contribution is 1.90. The Morgan fingerprint density at radius 2 is 2.27 bits per heavy atom. The lowest BCUT2D eigenvalue weighted by Gasteiger charge is -2.05. The molecule has 0 aromatic carbocycles. The molecule has 64 valence electrons. The van der Waals surface area contributed by atoms with Gasteiger partial charge in [0, 0.05) is 12.5 Å². The van der Waals surface area contributed by atoms with Gasteiger partial charge in [-0.15, -0.1) is 6.58 Å². The van der Waals surface area contributed by atoms with Crippen molar-refractivity contribution in [1.82, 2.24) is 5.32 Å². The van der Waals surface area contributed by atoms with Gasteiger partial charge >= 0.3 is 0 Å². The molecule has 0 aromatic heterocycles. The highest BCUT2D eigenvalue weighted by Gasteiger charge is 2.00. The third kappa shape index (κ3) is 7.26. The van der Waals surface area contributed by atoms with Gasteiger partial charge in [0.2, 0.25) is 0 Å². The highest BCUT2D eigenvalue weighted by molar-refractivity contribution is 5.80. The Bertz CT molecular complexity index is 130. The molecule has 0 aromatic rings. The van der Waals surface area contributed by atoms with Gasteiger partial charge in [0.05, 0.1) is 6.54 Å². The summed E-state index contributed by atoms with van der Waals surface area (Å²) in [5.74, 6) is 0.263. The average molecular weight is 155 g/mol. The Labute approximate surface area is 68.7 Å². The first-order valence-electron chi connectivity index (χ1n) is 4.02. The molecular formula is C9H17NO. The molecule has 11 heavy (non-hydrogen) atoms. The van der Waals surface area contributed by atoms with Crippen molar-refractivity contribution in [3.8, 4) is 0 Å². The van der Waals surface area contributed by atoms with Crippen molar-refractivity contribution in [2.24, 2.45) is 0 Å². The lowest BCUT2D eigenvalue weighted by molar-refractivity contribution is -0.118. The minimum atomic E-state index is 0.263. The molecule has 0 saturated carbocycles. The van der Waals surface area contributed by atoms with E-state index in [0.29, 0.717) is 19.0 Å². The van der Waals surface area contributed by atoms with Gasteiger partial charge in [0.25, 0.3) is 0 Å². The van der Waals surface area contributed by atoms with E-state index in [2.05, 4.69) is 11.9 Å². The maximum Gasteiger partial charge on any atom is 0.146 e. The van der Waals surface area contributed by atoms with Crippen LogP contribution >= 0.6 is 0 Å². The fourth-order valence-electron chi connectivity index (χ4n) is 0.669. The van der Waals surface area contributed by atoms with Crippen molar-refractivity contribution in [3.05, 3.63) is 12.7 Å². The Morgan fingerprint density at radius 3 is 2.73 bits per heavy atom. The van der Waals surface area contributed by atoms with Crippen LogP contribution in [0.5, 0.6) is 0 Å². The van der Waals surface area contributed by atoms with E-state index in [1.165, 1.54) is 0 Å². The van der Waals surface area contributed by atoms with Crippen molar-refractivity contribution in [2.45, 2.75) is 32.7 Å². The van der Waals surface area contributed by atoms with E-state index in [-0.39, 0.29) is 5.78 Å². The molecule has 2 heteroatoms. The van der Waals surface area contributed by atoms with Crippen molar-refractivity contribution < 1.29 is 4.79 Å². The Balaban J connectivity index is 3.29. The maximum absolute atomic E-state index is 11.0. The molecule has 1 N–H and O–H groups in total. The molecule has 0 saturated heterocycles. The van der Waals surface area contributed by atoms with Gasteiger partial charge in [-0.25, -0.2) is 0 Å². The summed E-state index contributed by atoms with van der Waals surface area (Å²) < 4.78 is 0. The van der Waals surface area contributed by atoms with Gasteiger partial charge in [-0.05, 0) is 6.42 Å². The lowest BCUT2D eigenvalue weighted by atomic mass is 10.2. The second-order valence-electron chi connectivity index (χ2n) is 2.90. The first-order chi connectivity index (χ1) is 5.16. The largest absolute Gasteiger partial charge is 0.308 e. The molecule has 0 unspecified atom stereocenters. The van der Waals surface area contributed by atoms with Crippen molar-refractivity contribution in [1.29, 1.82) is 0 Å². The summed E-state index contributed by atoms with van der Waals surface area (Å²) in [7, 11) is 0. The molecule has 0 fully saturated rings. The normalized spacial score (nSPS) is 10.1. The van der Waals surface area contributed by atoms with E-state index in [0.717, 1.165) is 6.42 Å². The molecule has 0 heterocycles. The molecule has 0 spiro atoms. The minimum Gasteiger partial charge on any atom is -0.308 e. The Kier molecular flexibility index (Phi) is 5.75. The van der Waals surface area contributed by atoms with Gasteiger partial charge in [-0.1, -0.05) is 19.9 Å². The summed E-state index contributed by atoms with van der Waals surface area (Å²) in [6.07, 6.45) is 3.18. The minimum absolute atomic E-state index is 0.263. The number of allylic oxidation sites excluding steroid dienone is 1. The maximum atomic E-state index is 11.0. The van der Waals surface area contributed by atoms with Crippen LogP contribution in [0.1, 0.15) is 26.7 Å². The summed E-state index contributed by atoms with van der Waals surface area (Å²) in [5.41, 5.74) is 0. The first kappa shape index (κ1) is 10.4. The SMILES string of the molecule is C=CCCC(=O)CNC(C)C. The monoisotopic (exact) mass is 155 g/mol. The third-order valence-electron chi connectivity index (χ3n) is 1.33. The molecule has 0 rings (SSSR count). The van der Waals surface area contributed by atoms with E-state index in [1.807, 2.05) is 13.8 Å². The second kappa shape index (κ2) is 6.10. The van der Waals surface area contributed by atoms with Crippen LogP contribution in [0, 0.1) is 0 Å². The zero-order valence-corrected chi connectivity index (χ0v) is 7.39. The summed E-state index contributed by atoms with van der Waals surface area (Å²) in [6.45, 7) is 8.10. The van der Waals surface area contributed by atoms with Crippen LogP contribution in [0.4, 0.5) is 0 Å². The molecule has 0 aliphatic carbocycles. The van der Waals surface area contributed by atoms with Crippen LogP contribution in [0.3, 0.4) is 0 Å². The van der Waals surface area contributed by atoms with Crippen LogP contribution in [-0.4, -0.2) is 18.4 Å². The summed E-state index contributed by atoms with van der Waals surface area (Å²) >= 11 is 0. The van der Waals surface area contributed by atoms with Gasteiger partial charge < -0.3 is 5.32 Å². The van der Waals surface area contributed by atoms with E-state index in [9.17, 15) is 4.79 Å². The molecule has 0 radical (unpaired) electrons. The number of ketones is 1. The fraction of sp³-hybridized carbons (Fsp3) is 0.667. The molecule has 0 aliphatic heterocycles. The summed E-state index contributed by atoms with van der Waals surface area (Å²) in [4.78, 5) is 11.0. The first-order valence-corrected chi connectivity index (χ1v) is 4.02. The number of carbonyl (C=O) groups is 1. The topological polar surface area (TPSA) is 29.1 Å². The van der Waals surface area contributed by atoms with E-state index >= 15 is 0 Å². The van der Waals surface area contributed by atoms with Crippen molar-refractivity contribution >= 4 is 5.78 Å². The number of Topliss-reactive ketones (excluding diaryl/α,β-unsaturated/α-hetero) is 1. The van der Waals surface area contributed by atoms with Crippen LogP contribution < -0.4 is 5.32 Å². The summed E-state index contributed by atoms with van der Waals surface area (Å²) in [5, 5.41) is 3.07. The number of carbonyl (C=O) groups excluding carboxylic acids is 1. The molecule has 0 bridgehead atoms. The van der Waals surface area contributed by atoms with Crippen LogP contribution in [0.15, 0.2) is 12.7 Å². The predicted molar refractivity (Wildman–Crippen MR) is 47.6 cm³/mol. The predicted octanol–water partition coefficient (Wildman–Crippen LogP) is 1.52. The molecular weight excluding hydrogens is 138 g/mol. The fourth-order valence-corrected chi connectivity index (χ4v) is 0.669. The van der Waals surface area contributed by atoms with Crippen LogP contribution in [0.2, 0.25) is 0 Å². The zero-order chi connectivity index (χ0) is 8.69. The quantitative estimate of drug-likeness (QED) is 0.589. The van der Waals surface area contributed by atoms with Gasteiger partial charge in [0.15, 0.2) is 0 Å². The van der Waals surface area contributed by atoms with Crippen molar-refractivity contribution in [3.63, 3.8) is 0 Å². The molecule has 2 nitrogen and oxygen atoms in total. The number of hydrogen-bond donors (Lipinski definition) is 1. The van der Waals surface area contributed by atoms with E-state index < -0.39 is 0 Å². The zero-order valence-electron chi connectivity index (χ0n) is 7.39. The number of hydrogen-bond acceptors (Lipinski definition) is 2. The van der Waals surface area contributed by atoms with E-state index in [1.54, 1.807) is 6.08 Å². The van der Waals surface area contributed by atoms with Gasteiger partial charge in [-0.3, -0.25) is 4.79 Å². The third-order valence-corrected chi connectivity index (χ3v) is 1.33. The highest BCUT2D eigenvalue weighted by atomic mass is 16.1. The lowest BCUT2D eigenvalue weighted by Crippen LogP contribution is -2.28. The smallest absolute Gasteiger partial charge is 0.146 e. The van der Waals surface area contributed by atoms with Gasteiger partial charge in [-0.2, -0.15) is 0 Å². The molecule has 0 atom stereocenters. The summed E-state index contributed by atoms with van der Waals surface area (Å²) in [6, 6.07) is 0.391. The van der Waals surface area contributed by atoms with Crippen LogP contribution in [-0.2, 0) is 4.79 Å². The van der Waals surface area contributed by atoms with E-state index in [4.69, 9.17) is 0 Å². The number of nitrogens with one attached hydrogen (secondary N) is 1. The Hall–Kier alpha value is -0.630. The Morgan fingerprint density at radius 1 is 1.64 bits per heavy atom. The second-order valence-corrected chi connectivity index (χ2v) is 2.90. The number of rotatable bonds is 6. The van der Waals surface area contributed by atoms with Crippen LogP contribution in [0.25, 0.3) is 0 Å².